The van der Waals surface area contributed by atoms with Crippen molar-refractivity contribution in [3.8, 4) is 0 Å². The van der Waals surface area contributed by atoms with Crippen molar-refractivity contribution in [2.75, 3.05) is 6.61 Å². The Morgan fingerprint density at radius 2 is 0.711 bits per heavy atom. The molecule has 0 N–H and O–H groups in total. The molecule has 2 heteroatoms. The smallest absolute Gasteiger partial charge is 0.305 e. The number of unbranched alkanes of at least 4 members (excludes halogenated alkanes) is 24. The Kier molecular flexibility index (Phi) is 32.2. The molecular weight excluding hydrogens is 464 g/mol. The lowest BCUT2D eigenvalue weighted by atomic mass is 9.94. The molecule has 0 heterocycles. The number of carbonyl (C=O) groups is 1. The molecule has 0 saturated heterocycles. The molecule has 0 aliphatic carbocycles. The van der Waals surface area contributed by atoms with E-state index in [2.05, 4.69) is 20.8 Å². The monoisotopic (exact) mass is 537 g/mol. The van der Waals surface area contributed by atoms with Crippen LogP contribution in [0.5, 0.6) is 0 Å². The lowest BCUT2D eigenvalue weighted by Gasteiger charge is -2.17. The molecule has 1 atom stereocenters. The summed E-state index contributed by atoms with van der Waals surface area (Å²) in [6.45, 7) is 7.49. The number of hydrogen-bond acceptors (Lipinski definition) is 2. The number of hydrogen-bond donors (Lipinski definition) is 0. The van der Waals surface area contributed by atoms with Gasteiger partial charge in [-0.05, 0) is 25.2 Å². The normalized spacial score (nSPS) is 12.2. The first kappa shape index (κ1) is 37.5. The first-order valence-electron chi connectivity index (χ1n) is 17.9. The Morgan fingerprint density at radius 3 is 1.05 bits per heavy atom. The maximum Gasteiger partial charge on any atom is 0.305 e. The van der Waals surface area contributed by atoms with Gasteiger partial charge in [-0.3, -0.25) is 4.79 Å². The molecule has 0 aromatic rings. The largest absolute Gasteiger partial charge is 0.465 e. The quantitative estimate of drug-likeness (QED) is 0.0631. The van der Waals surface area contributed by atoms with Gasteiger partial charge in [0.1, 0.15) is 0 Å². The SMILES string of the molecule is CCCCCCCCCCCCCC[C@@H](CCCCCCCCCCCC)COC(=O)CCCCCCC. The third kappa shape index (κ3) is 30.0. The van der Waals surface area contributed by atoms with Crippen molar-refractivity contribution in [2.24, 2.45) is 5.92 Å². The van der Waals surface area contributed by atoms with Crippen molar-refractivity contribution >= 4 is 5.97 Å². The van der Waals surface area contributed by atoms with Gasteiger partial charge in [0, 0.05) is 6.42 Å². The first-order valence-corrected chi connectivity index (χ1v) is 17.9. The molecule has 228 valence electrons. The van der Waals surface area contributed by atoms with E-state index in [4.69, 9.17) is 4.74 Å². The van der Waals surface area contributed by atoms with Gasteiger partial charge in [-0.15, -0.1) is 0 Å². The van der Waals surface area contributed by atoms with Crippen LogP contribution in [0.25, 0.3) is 0 Å². The molecule has 0 radical (unpaired) electrons. The molecule has 0 aromatic heterocycles. The molecule has 0 aliphatic rings. The van der Waals surface area contributed by atoms with Crippen molar-refractivity contribution in [2.45, 2.75) is 213 Å². The van der Waals surface area contributed by atoms with Crippen molar-refractivity contribution in [3.05, 3.63) is 0 Å². The van der Waals surface area contributed by atoms with Crippen LogP contribution in [0.4, 0.5) is 0 Å². The second-order valence-electron chi connectivity index (χ2n) is 12.4. The predicted octanol–water partition coefficient (Wildman–Crippen LogP) is 12.9. The summed E-state index contributed by atoms with van der Waals surface area (Å²) in [5.41, 5.74) is 0. The van der Waals surface area contributed by atoms with E-state index in [0.717, 1.165) is 6.42 Å². The van der Waals surface area contributed by atoms with Gasteiger partial charge < -0.3 is 4.74 Å². The van der Waals surface area contributed by atoms with Gasteiger partial charge in [0.2, 0.25) is 0 Å². The molecule has 38 heavy (non-hydrogen) atoms. The van der Waals surface area contributed by atoms with Crippen LogP contribution in [0.15, 0.2) is 0 Å². The fourth-order valence-corrected chi connectivity index (χ4v) is 5.66. The summed E-state index contributed by atoms with van der Waals surface area (Å²) in [5, 5.41) is 0. The minimum Gasteiger partial charge on any atom is -0.465 e. The lowest BCUT2D eigenvalue weighted by molar-refractivity contribution is -0.145. The molecule has 0 amide bonds. The van der Waals surface area contributed by atoms with Gasteiger partial charge in [-0.1, -0.05) is 188 Å². The third-order valence-electron chi connectivity index (χ3n) is 8.40. The number of rotatable bonds is 32. The highest BCUT2D eigenvalue weighted by molar-refractivity contribution is 5.69. The number of ether oxygens (including phenoxy) is 1. The average Bonchev–Trinajstić information content (AvgIpc) is 2.92. The minimum absolute atomic E-state index is 0.0456. The highest BCUT2D eigenvalue weighted by Gasteiger charge is 2.12. The maximum absolute atomic E-state index is 12.3. The molecule has 0 aliphatic heterocycles. The Balaban J connectivity index is 3.98. The zero-order valence-electron chi connectivity index (χ0n) is 26.8. The number of esters is 1. The molecule has 0 aromatic carbocycles. The van der Waals surface area contributed by atoms with Gasteiger partial charge in [0.05, 0.1) is 6.61 Å². The molecular formula is C36H72O2. The van der Waals surface area contributed by atoms with Crippen LogP contribution < -0.4 is 0 Å². The maximum atomic E-state index is 12.3. The predicted molar refractivity (Wildman–Crippen MR) is 170 cm³/mol. The molecule has 0 spiro atoms. The van der Waals surface area contributed by atoms with E-state index >= 15 is 0 Å². The van der Waals surface area contributed by atoms with Crippen LogP contribution in [-0.4, -0.2) is 12.6 Å². The first-order chi connectivity index (χ1) is 18.7. The van der Waals surface area contributed by atoms with E-state index in [1.807, 2.05) is 0 Å². The van der Waals surface area contributed by atoms with Crippen LogP contribution in [-0.2, 0) is 9.53 Å². The second kappa shape index (κ2) is 32.7. The van der Waals surface area contributed by atoms with Gasteiger partial charge in [0.15, 0.2) is 0 Å². The van der Waals surface area contributed by atoms with E-state index in [-0.39, 0.29) is 5.97 Å². The minimum atomic E-state index is 0.0456. The molecule has 0 bridgehead atoms. The van der Waals surface area contributed by atoms with Crippen molar-refractivity contribution in [1.82, 2.24) is 0 Å². The fourth-order valence-electron chi connectivity index (χ4n) is 5.66. The Hall–Kier alpha value is -0.530. The summed E-state index contributed by atoms with van der Waals surface area (Å²) < 4.78 is 5.77. The van der Waals surface area contributed by atoms with Crippen molar-refractivity contribution in [1.29, 1.82) is 0 Å². The van der Waals surface area contributed by atoms with E-state index in [1.165, 1.54) is 180 Å². The van der Waals surface area contributed by atoms with Crippen LogP contribution in [0, 0.1) is 5.92 Å². The Morgan fingerprint density at radius 1 is 0.421 bits per heavy atom. The standard InChI is InChI=1S/C36H72O2/c1-4-7-10-13-15-17-19-20-22-24-27-29-32-35(34-38-36(37)33-30-25-12-9-6-3)31-28-26-23-21-18-16-14-11-8-5-2/h35H,4-34H2,1-3H3/t35-/m1/s1. The third-order valence-corrected chi connectivity index (χ3v) is 8.40. The summed E-state index contributed by atoms with van der Waals surface area (Å²) in [4.78, 5) is 12.3. The average molecular weight is 537 g/mol. The van der Waals surface area contributed by atoms with Crippen molar-refractivity contribution < 1.29 is 9.53 Å². The summed E-state index contributed by atoms with van der Waals surface area (Å²) in [5.74, 6) is 0.625. The molecule has 0 unspecified atom stereocenters. The zero-order valence-corrected chi connectivity index (χ0v) is 26.8. The second-order valence-corrected chi connectivity index (χ2v) is 12.4. The van der Waals surface area contributed by atoms with Crippen LogP contribution in [0.3, 0.4) is 0 Å². The Bertz CT molecular complexity index is 447. The topological polar surface area (TPSA) is 26.3 Å². The van der Waals surface area contributed by atoms with Gasteiger partial charge >= 0.3 is 5.97 Å². The van der Waals surface area contributed by atoms with Crippen molar-refractivity contribution in [3.63, 3.8) is 0 Å². The van der Waals surface area contributed by atoms with Crippen LogP contribution in [0.1, 0.15) is 213 Å². The summed E-state index contributed by atoms with van der Waals surface area (Å²) >= 11 is 0. The highest BCUT2D eigenvalue weighted by atomic mass is 16.5. The zero-order chi connectivity index (χ0) is 27.8. The lowest BCUT2D eigenvalue weighted by Crippen LogP contribution is -2.14. The number of carbonyl (C=O) groups excluding carboxylic acids is 1. The molecule has 0 saturated carbocycles. The van der Waals surface area contributed by atoms with Gasteiger partial charge in [-0.25, -0.2) is 0 Å². The van der Waals surface area contributed by atoms with Crippen LogP contribution in [0.2, 0.25) is 0 Å². The van der Waals surface area contributed by atoms with Gasteiger partial charge in [-0.2, -0.15) is 0 Å². The summed E-state index contributed by atoms with van der Waals surface area (Å²) in [6, 6.07) is 0. The van der Waals surface area contributed by atoms with Gasteiger partial charge in [0.25, 0.3) is 0 Å². The van der Waals surface area contributed by atoms with E-state index in [1.54, 1.807) is 0 Å². The van der Waals surface area contributed by atoms with Crippen LogP contribution >= 0.6 is 0 Å². The van der Waals surface area contributed by atoms with E-state index in [0.29, 0.717) is 18.9 Å². The van der Waals surface area contributed by atoms with E-state index in [9.17, 15) is 4.79 Å². The summed E-state index contributed by atoms with van der Waals surface area (Å²) in [7, 11) is 0. The fraction of sp³-hybridized carbons (Fsp3) is 0.972. The molecule has 2 nitrogen and oxygen atoms in total. The molecule has 0 fully saturated rings. The molecule has 0 rings (SSSR count). The van der Waals surface area contributed by atoms with E-state index < -0.39 is 0 Å². The Labute approximate surface area is 241 Å². The highest BCUT2D eigenvalue weighted by Crippen LogP contribution is 2.21. The summed E-state index contributed by atoms with van der Waals surface area (Å²) in [6.07, 6.45) is 39.8.